The van der Waals surface area contributed by atoms with Gasteiger partial charge in [-0.15, -0.1) is 0 Å². The van der Waals surface area contributed by atoms with E-state index < -0.39 is 29.5 Å². The first-order valence-corrected chi connectivity index (χ1v) is 10.2. The van der Waals surface area contributed by atoms with Crippen molar-refractivity contribution in [3.05, 3.63) is 0 Å². The summed E-state index contributed by atoms with van der Waals surface area (Å²) >= 11 is 0. The fourth-order valence-electron chi connectivity index (χ4n) is 7.71. The van der Waals surface area contributed by atoms with E-state index in [0.717, 1.165) is 25.7 Å². The molecule has 0 radical (unpaired) electrons. The molecule has 0 aromatic heterocycles. The number of aliphatic hydroxyl groups is 3. The quantitative estimate of drug-likeness (QED) is 0.695. The summed E-state index contributed by atoms with van der Waals surface area (Å²) in [6, 6.07) is 0. The smallest absolute Gasteiger partial charge is 0.190 e. The molecule has 5 heteroatoms. The molecule has 0 unspecified atom stereocenters. The van der Waals surface area contributed by atoms with Crippen molar-refractivity contribution in [3.63, 3.8) is 0 Å². The molecular formula is C21H32O5. The van der Waals surface area contributed by atoms with Gasteiger partial charge in [-0.2, -0.15) is 0 Å². The minimum atomic E-state index is -1.63. The minimum Gasteiger partial charge on any atom is -0.393 e. The molecule has 0 aromatic rings. The summed E-state index contributed by atoms with van der Waals surface area (Å²) in [5, 5.41) is 31.5. The van der Waals surface area contributed by atoms with Crippen LogP contribution in [0.25, 0.3) is 0 Å². The average molecular weight is 364 g/mol. The van der Waals surface area contributed by atoms with Crippen LogP contribution in [0.4, 0.5) is 0 Å². The maximum Gasteiger partial charge on any atom is 0.190 e. The molecule has 3 N–H and O–H groups in total. The van der Waals surface area contributed by atoms with Crippen LogP contribution in [0.5, 0.6) is 0 Å². The van der Waals surface area contributed by atoms with Gasteiger partial charge in [-0.05, 0) is 61.2 Å². The summed E-state index contributed by atoms with van der Waals surface area (Å²) in [6.45, 7) is 3.59. The van der Waals surface area contributed by atoms with Crippen molar-refractivity contribution >= 4 is 11.6 Å². The van der Waals surface area contributed by atoms with Gasteiger partial charge in [-0.25, -0.2) is 0 Å². The Balaban J connectivity index is 1.69. The topological polar surface area (TPSA) is 94.8 Å². The number of Topliss-reactive ketones (excluding diaryl/α,β-unsaturated/α-hetero) is 2. The highest BCUT2D eigenvalue weighted by Gasteiger charge is 2.69. The molecule has 0 amide bonds. The first-order chi connectivity index (χ1) is 12.2. The van der Waals surface area contributed by atoms with Crippen molar-refractivity contribution < 1.29 is 24.9 Å². The Kier molecular flexibility index (Phi) is 4.18. The lowest BCUT2D eigenvalue weighted by atomic mass is 9.44. The molecule has 4 aliphatic rings. The molecule has 8 atom stereocenters. The number of hydrogen-bond acceptors (Lipinski definition) is 5. The van der Waals surface area contributed by atoms with E-state index in [1.165, 1.54) is 0 Å². The van der Waals surface area contributed by atoms with E-state index in [4.69, 9.17) is 0 Å². The number of aliphatic hydroxyl groups excluding tert-OH is 2. The first-order valence-electron chi connectivity index (χ1n) is 10.2. The maximum atomic E-state index is 12.4. The standard InChI is InChI=1S/C21H32O5/c1-19-7-5-13(23)9-12(19)3-4-14-15(19)6-8-20(2)18(14)16(24)10-21(20,26)17(25)11-22/h12,14-16,18,22,24,26H,3-11H2,1-2H3/t12-,14+,15-,16+,18+,19-,20-,21-/m0/s1. The van der Waals surface area contributed by atoms with E-state index >= 15 is 0 Å². The van der Waals surface area contributed by atoms with Gasteiger partial charge in [0.25, 0.3) is 0 Å². The van der Waals surface area contributed by atoms with Crippen LogP contribution in [0.1, 0.15) is 65.2 Å². The van der Waals surface area contributed by atoms with Crippen molar-refractivity contribution in [1.29, 1.82) is 0 Å². The third-order valence-corrected chi connectivity index (χ3v) is 9.20. The Morgan fingerprint density at radius 3 is 2.62 bits per heavy atom. The largest absolute Gasteiger partial charge is 0.393 e. The molecule has 26 heavy (non-hydrogen) atoms. The van der Waals surface area contributed by atoms with Gasteiger partial charge in [-0.3, -0.25) is 9.59 Å². The monoisotopic (exact) mass is 364 g/mol. The summed E-state index contributed by atoms with van der Waals surface area (Å²) in [7, 11) is 0. The van der Waals surface area contributed by atoms with Gasteiger partial charge in [0.15, 0.2) is 5.78 Å². The lowest BCUT2D eigenvalue weighted by Gasteiger charge is -2.61. The van der Waals surface area contributed by atoms with E-state index in [-0.39, 0.29) is 23.7 Å². The molecule has 4 rings (SSSR count). The highest BCUT2D eigenvalue weighted by molar-refractivity contribution is 5.89. The Morgan fingerprint density at radius 1 is 1.19 bits per heavy atom. The van der Waals surface area contributed by atoms with E-state index in [1.54, 1.807) is 0 Å². The summed E-state index contributed by atoms with van der Waals surface area (Å²) in [5.74, 6) is 0.869. The van der Waals surface area contributed by atoms with E-state index in [9.17, 15) is 24.9 Å². The molecule has 0 bridgehead atoms. The summed E-state index contributed by atoms with van der Waals surface area (Å²) in [5.41, 5.74) is -2.18. The van der Waals surface area contributed by atoms with Gasteiger partial charge in [0, 0.05) is 24.7 Å². The van der Waals surface area contributed by atoms with Crippen LogP contribution in [0.15, 0.2) is 0 Å². The fraction of sp³-hybridized carbons (Fsp3) is 0.905. The molecule has 0 heterocycles. The number of ketones is 2. The normalized spacial score (nSPS) is 53.6. The third-order valence-electron chi connectivity index (χ3n) is 9.20. The van der Waals surface area contributed by atoms with E-state index in [2.05, 4.69) is 6.92 Å². The maximum absolute atomic E-state index is 12.4. The molecule has 0 aliphatic heterocycles. The van der Waals surface area contributed by atoms with Crippen LogP contribution in [0.2, 0.25) is 0 Å². The van der Waals surface area contributed by atoms with Gasteiger partial charge >= 0.3 is 0 Å². The van der Waals surface area contributed by atoms with Gasteiger partial charge in [0.1, 0.15) is 18.0 Å². The van der Waals surface area contributed by atoms with Crippen molar-refractivity contribution in [2.75, 3.05) is 6.61 Å². The second-order valence-corrected chi connectivity index (χ2v) is 9.99. The highest BCUT2D eigenvalue weighted by Crippen LogP contribution is 2.68. The molecule has 4 aliphatic carbocycles. The second-order valence-electron chi connectivity index (χ2n) is 9.99. The average Bonchev–Trinajstić information content (AvgIpc) is 2.81. The summed E-state index contributed by atoms with van der Waals surface area (Å²) in [6.07, 6.45) is 5.17. The molecule has 4 saturated carbocycles. The van der Waals surface area contributed by atoms with Crippen LogP contribution < -0.4 is 0 Å². The van der Waals surface area contributed by atoms with Gasteiger partial charge < -0.3 is 15.3 Å². The predicted molar refractivity (Wildman–Crippen MR) is 95.2 cm³/mol. The number of rotatable bonds is 2. The minimum absolute atomic E-state index is 0.0371. The van der Waals surface area contributed by atoms with Crippen LogP contribution >= 0.6 is 0 Å². The van der Waals surface area contributed by atoms with Crippen LogP contribution in [-0.2, 0) is 9.59 Å². The zero-order valence-electron chi connectivity index (χ0n) is 15.9. The van der Waals surface area contributed by atoms with E-state index in [1.807, 2.05) is 6.92 Å². The Labute approximate surface area is 155 Å². The van der Waals surface area contributed by atoms with Crippen LogP contribution in [0.3, 0.4) is 0 Å². The van der Waals surface area contributed by atoms with Gasteiger partial charge in [0.2, 0.25) is 0 Å². The molecule has 0 saturated heterocycles. The second kappa shape index (κ2) is 5.86. The molecule has 4 fully saturated rings. The van der Waals surface area contributed by atoms with Crippen LogP contribution in [0, 0.1) is 34.5 Å². The molecule has 146 valence electrons. The number of hydrogen-bond donors (Lipinski definition) is 3. The van der Waals surface area contributed by atoms with Gasteiger partial charge in [-0.1, -0.05) is 13.8 Å². The molecule has 0 spiro atoms. The summed E-state index contributed by atoms with van der Waals surface area (Å²) < 4.78 is 0. The van der Waals surface area contributed by atoms with Gasteiger partial charge in [0.05, 0.1) is 6.10 Å². The lowest BCUT2D eigenvalue weighted by molar-refractivity contribution is -0.174. The molecular weight excluding hydrogens is 332 g/mol. The predicted octanol–water partition coefficient (Wildman–Crippen LogP) is 1.86. The zero-order chi connectivity index (χ0) is 18.9. The molecule has 5 nitrogen and oxygen atoms in total. The van der Waals surface area contributed by atoms with E-state index in [0.29, 0.717) is 36.9 Å². The van der Waals surface area contributed by atoms with Crippen molar-refractivity contribution in [1.82, 2.24) is 0 Å². The SMILES string of the molecule is C[C@]12CCC(=O)C[C@@H]1CC[C@H]1[C@@H]3[C@H](O)C[C@](O)(C(=O)CO)[C@@]3(C)CC[C@@H]12. The Morgan fingerprint density at radius 2 is 1.92 bits per heavy atom. The van der Waals surface area contributed by atoms with Crippen molar-refractivity contribution in [3.8, 4) is 0 Å². The number of carbonyl (C=O) groups is 2. The van der Waals surface area contributed by atoms with Crippen molar-refractivity contribution in [2.24, 2.45) is 34.5 Å². The zero-order valence-corrected chi connectivity index (χ0v) is 15.9. The first kappa shape index (κ1) is 18.6. The molecule has 0 aromatic carbocycles. The number of fused-ring (bicyclic) bond motifs is 5. The number of carbonyl (C=O) groups excluding carboxylic acids is 2. The fourth-order valence-corrected chi connectivity index (χ4v) is 7.71. The highest BCUT2D eigenvalue weighted by atomic mass is 16.3. The summed E-state index contributed by atoms with van der Waals surface area (Å²) in [4.78, 5) is 24.3. The van der Waals surface area contributed by atoms with Crippen LogP contribution in [-0.4, -0.2) is 45.2 Å². The Hall–Kier alpha value is -0.780. The lowest BCUT2D eigenvalue weighted by Crippen LogP contribution is -2.59. The van der Waals surface area contributed by atoms with Crippen molar-refractivity contribution in [2.45, 2.75) is 76.9 Å². The third kappa shape index (κ3) is 2.20. The Bertz CT molecular complexity index is 632.